The van der Waals surface area contributed by atoms with Crippen LogP contribution in [0, 0.1) is 14.9 Å². The lowest BCUT2D eigenvalue weighted by Gasteiger charge is -2.09. The summed E-state index contributed by atoms with van der Waals surface area (Å²) in [6.45, 7) is 0. The number of ether oxygens (including phenoxy) is 1. The summed E-state index contributed by atoms with van der Waals surface area (Å²) in [6, 6.07) is 1.78. The quantitative estimate of drug-likeness (QED) is 0.834. The van der Waals surface area contributed by atoms with E-state index in [0.29, 0.717) is 0 Å². The molecule has 0 aromatic carbocycles. The van der Waals surface area contributed by atoms with E-state index in [9.17, 15) is 18.0 Å². The number of hydrogen-bond donors (Lipinski definition) is 1. The second-order valence-electron chi connectivity index (χ2n) is 2.66. The number of nitrogens with zero attached hydrogens (tertiary/aromatic N) is 1. The molecule has 0 aliphatic carbocycles. The van der Waals surface area contributed by atoms with Crippen LogP contribution in [0.1, 0.15) is 5.69 Å². The second-order valence-corrected chi connectivity index (χ2v) is 3.74. The highest BCUT2D eigenvalue weighted by Crippen LogP contribution is 2.20. The zero-order valence-electron chi connectivity index (χ0n) is 7.56. The van der Waals surface area contributed by atoms with Gasteiger partial charge in [-0.2, -0.15) is 5.26 Å². The van der Waals surface area contributed by atoms with Gasteiger partial charge in [-0.05, 0) is 22.6 Å². The van der Waals surface area contributed by atoms with Crippen molar-refractivity contribution in [3.05, 3.63) is 25.7 Å². The van der Waals surface area contributed by atoms with Gasteiger partial charge in [-0.25, -0.2) is 0 Å². The van der Waals surface area contributed by atoms with Gasteiger partial charge in [-0.1, -0.05) is 0 Å². The predicted molar refractivity (Wildman–Crippen MR) is 55.8 cm³/mol. The van der Waals surface area contributed by atoms with Gasteiger partial charge in [0.1, 0.15) is 0 Å². The number of H-pyrrole nitrogens is 1. The van der Waals surface area contributed by atoms with Crippen LogP contribution in [0.5, 0.6) is 5.75 Å². The maximum atomic E-state index is 11.9. The SMILES string of the molecule is N#CCc1[nH]cc(OC(F)(F)F)c(=O)c1I. The van der Waals surface area contributed by atoms with Crippen molar-refractivity contribution in [2.75, 3.05) is 0 Å². The van der Waals surface area contributed by atoms with Gasteiger partial charge in [0.15, 0.2) is 5.75 Å². The van der Waals surface area contributed by atoms with Crippen LogP contribution in [0.2, 0.25) is 0 Å². The molecule has 0 saturated carbocycles. The van der Waals surface area contributed by atoms with Gasteiger partial charge in [0.05, 0.1) is 16.1 Å². The summed E-state index contributed by atoms with van der Waals surface area (Å²) in [4.78, 5) is 13.8. The molecule has 1 aromatic rings. The average Bonchev–Trinajstić information content (AvgIpc) is 2.16. The number of nitriles is 1. The van der Waals surface area contributed by atoms with Crippen molar-refractivity contribution in [1.29, 1.82) is 5.26 Å². The van der Waals surface area contributed by atoms with Gasteiger partial charge in [0.25, 0.3) is 0 Å². The van der Waals surface area contributed by atoms with Crippen LogP contribution in [0.4, 0.5) is 13.2 Å². The normalized spacial score (nSPS) is 10.9. The van der Waals surface area contributed by atoms with Crippen LogP contribution in [-0.2, 0) is 6.42 Å². The molecule has 0 amide bonds. The molecule has 1 rings (SSSR count). The Morgan fingerprint density at radius 3 is 2.69 bits per heavy atom. The molecule has 0 atom stereocenters. The second kappa shape index (κ2) is 4.73. The number of hydrogen-bond acceptors (Lipinski definition) is 3. The Labute approximate surface area is 101 Å². The van der Waals surface area contributed by atoms with Crippen molar-refractivity contribution >= 4 is 22.6 Å². The fourth-order valence-corrected chi connectivity index (χ4v) is 1.55. The Kier molecular flexibility index (Phi) is 3.79. The van der Waals surface area contributed by atoms with E-state index in [1.807, 2.05) is 0 Å². The summed E-state index contributed by atoms with van der Waals surface area (Å²) in [5.74, 6) is -0.835. The largest absolute Gasteiger partial charge is 0.573 e. The molecule has 8 heteroatoms. The van der Waals surface area contributed by atoms with Crippen LogP contribution in [0.15, 0.2) is 11.0 Å². The number of pyridine rings is 1. The highest BCUT2D eigenvalue weighted by Gasteiger charge is 2.32. The summed E-state index contributed by atoms with van der Waals surface area (Å²) < 4.78 is 39.1. The maximum absolute atomic E-state index is 11.9. The number of rotatable bonds is 2. The number of nitrogens with one attached hydrogen (secondary N) is 1. The molecular weight excluding hydrogens is 340 g/mol. The van der Waals surface area contributed by atoms with Crippen LogP contribution in [0.3, 0.4) is 0 Å². The first kappa shape index (κ1) is 12.8. The molecule has 16 heavy (non-hydrogen) atoms. The third kappa shape index (κ3) is 3.13. The van der Waals surface area contributed by atoms with E-state index < -0.39 is 17.5 Å². The molecule has 0 radical (unpaired) electrons. The van der Waals surface area contributed by atoms with Crippen molar-refractivity contribution < 1.29 is 17.9 Å². The van der Waals surface area contributed by atoms with E-state index in [1.165, 1.54) is 0 Å². The predicted octanol–water partition coefficient (Wildman–Crippen LogP) is 1.94. The van der Waals surface area contributed by atoms with Crippen molar-refractivity contribution in [3.63, 3.8) is 0 Å². The van der Waals surface area contributed by atoms with Gasteiger partial charge in [-0.15, -0.1) is 13.2 Å². The molecule has 0 saturated heterocycles. The monoisotopic (exact) mass is 344 g/mol. The van der Waals surface area contributed by atoms with Gasteiger partial charge in [0.2, 0.25) is 5.43 Å². The summed E-state index contributed by atoms with van der Waals surface area (Å²) in [6.07, 6.45) is -4.20. The Balaban J connectivity index is 3.14. The number of alkyl halides is 3. The smallest absolute Gasteiger partial charge is 0.400 e. The summed E-state index contributed by atoms with van der Waals surface area (Å²) in [5, 5.41) is 8.40. The van der Waals surface area contributed by atoms with Gasteiger partial charge >= 0.3 is 6.36 Å². The average molecular weight is 344 g/mol. The molecule has 4 nitrogen and oxygen atoms in total. The molecular formula is C8H4F3IN2O2. The Hall–Kier alpha value is -1.24. The molecule has 0 unspecified atom stereocenters. The van der Waals surface area contributed by atoms with Gasteiger partial charge < -0.3 is 9.72 Å². The van der Waals surface area contributed by atoms with Crippen molar-refractivity contribution in [2.45, 2.75) is 12.8 Å². The van der Waals surface area contributed by atoms with Crippen LogP contribution in [0.25, 0.3) is 0 Å². The van der Waals surface area contributed by atoms with Crippen molar-refractivity contribution in [2.24, 2.45) is 0 Å². The van der Waals surface area contributed by atoms with E-state index in [2.05, 4.69) is 9.72 Å². The lowest BCUT2D eigenvalue weighted by Crippen LogP contribution is -2.23. The highest BCUT2D eigenvalue weighted by atomic mass is 127. The molecule has 0 bridgehead atoms. The standard InChI is InChI=1S/C8H4F3IN2O2/c9-8(10,11)16-5-3-14-4(1-2-13)6(12)7(5)15/h3H,1H2,(H,14,15). The van der Waals surface area contributed by atoms with E-state index in [-0.39, 0.29) is 15.7 Å². The minimum absolute atomic E-state index is 0.0147. The van der Waals surface area contributed by atoms with Crippen LogP contribution in [-0.4, -0.2) is 11.3 Å². The zero-order valence-corrected chi connectivity index (χ0v) is 9.72. The first-order valence-electron chi connectivity index (χ1n) is 3.88. The fourth-order valence-electron chi connectivity index (χ4n) is 0.935. The first-order chi connectivity index (χ1) is 7.35. The van der Waals surface area contributed by atoms with Crippen molar-refractivity contribution in [3.8, 4) is 11.8 Å². The molecule has 1 aromatic heterocycles. The van der Waals surface area contributed by atoms with Crippen LogP contribution >= 0.6 is 22.6 Å². The lowest BCUT2D eigenvalue weighted by atomic mass is 10.3. The number of halogens is 4. The van der Waals surface area contributed by atoms with E-state index in [4.69, 9.17) is 5.26 Å². The third-order valence-corrected chi connectivity index (χ3v) is 2.69. The molecule has 0 aliphatic heterocycles. The minimum atomic E-state index is -4.91. The van der Waals surface area contributed by atoms with E-state index in [1.54, 1.807) is 28.7 Å². The Bertz CT molecular complexity index is 490. The zero-order chi connectivity index (χ0) is 12.3. The van der Waals surface area contributed by atoms with E-state index in [0.717, 1.165) is 6.20 Å². The highest BCUT2D eigenvalue weighted by molar-refractivity contribution is 14.1. The third-order valence-electron chi connectivity index (χ3n) is 1.55. The first-order valence-corrected chi connectivity index (χ1v) is 4.96. The Morgan fingerprint density at radius 2 is 2.19 bits per heavy atom. The van der Waals surface area contributed by atoms with Gasteiger partial charge in [-0.3, -0.25) is 4.79 Å². The molecule has 1 heterocycles. The number of aromatic amines is 1. The lowest BCUT2D eigenvalue weighted by molar-refractivity contribution is -0.275. The summed E-state index contributed by atoms with van der Waals surface area (Å²) in [5.41, 5.74) is -0.621. The van der Waals surface area contributed by atoms with Crippen LogP contribution < -0.4 is 10.2 Å². The molecule has 86 valence electrons. The summed E-state index contributed by atoms with van der Waals surface area (Å²) >= 11 is 1.56. The van der Waals surface area contributed by atoms with E-state index >= 15 is 0 Å². The fraction of sp³-hybridized carbons (Fsp3) is 0.250. The van der Waals surface area contributed by atoms with Crippen molar-refractivity contribution in [1.82, 2.24) is 4.98 Å². The molecule has 0 aliphatic rings. The molecule has 1 N–H and O–H groups in total. The maximum Gasteiger partial charge on any atom is 0.573 e. The number of aromatic nitrogens is 1. The minimum Gasteiger partial charge on any atom is -0.400 e. The van der Waals surface area contributed by atoms with Gasteiger partial charge in [0, 0.05) is 11.9 Å². The molecule has 0 fully saturated rings. The molecule has 0 spiro atoms. The topological polar surface area (TPSA) is 65.9 Å². The summed E-state index contributed by atoms with van der Waals surface area (Å²) in [7, 11) is 0. The Morgan fingerprint density at radius 1 is 1.56 bits per heavy atom.